The van der Waals surface area contributed by atoms with Crippen molar-refractivity contribution in [2.75, 3.05) is 0 Å². The summed E-state index contributed by atoms with van der Waals surface area (Å²) in [7, 11) is 0. The number of nitrogens with zero attached hydrogens (tertiary/aromatic N) is 3. The van der Waals surface area contributed by atoms with Crippen LogP contribution in [0.3, 0.4) is 0 Å². The predicted octanol–water partition coefficient (Wildman–Crippen LogP) is 30.1. The van der Waals surface area contributed by atoms with E-state index in [1.807, 2.05) is 30.7 Å². The van der Waals surface area contributed by atoms with E-state index in [9.17, 15) is 0 Å². The van der Waals surface area contributed by atoms with E-state index in [-0.39, 0.29) is 54.1 Å². The van der Waals surface area contributed by atoms with Crippen LogP contribution in [-0.4, -0.2) is 15.0 Å². The van der Waals surface area contributed by atoms with Crippen molar-refractivity contribution in [3.05, 3.63) is 380 Å². The number of hydrogen-bond acceptors (Lipinski definition) is 5. The maximum atomic E-state index is 6.65. The molecule has 5 heterocycles. The Balaban J connectivity index is 0.00000945. The van der Waals surface area contributed by atoms with E-state index < -0.39 is 0 Å². The number of benzene rings is 13. The summed E-state index contributed by atoms with van der Waals surface area (Å²) >= 11 is 0. The van der Waals surface area contributed by atoms with Crippen LogP contribution in [0.1, 0.15) is 133 Å². The maximum absolute atomic E-state index is 6.65. The van der Waals surface area contributed by atoms with Gasteiger partial charge in [-0.15, -0.1) is 71.3 Å². The number of fused-ring (bicyclic) bond motifs is 6. The van der Waals surface area contributed by atoms with Crippen LogP contribution >= 0.6 is 0 Å². The number of rotatable bonds is 14. The average molecular weight is 1690 g/mol. The second kappa shape index (κ2) is 31.0. The van der Waals surface area contributed by atoms with Gasteiger partial charge in [-0.3, -0.25) is 0 Å². The molecular weight excluding hydrogens is 1600 g/mol. The SMILES string of the molecule is CC(C)(C)c1ccnc(-c2[c-]cc(-c3ccccc3C3CC(c4ccccc4-c4c[c-]c(-c5cc(C(C)(C)C)ccn5)cc4-c4ccc(-c5cccc6c5oc5ccccc56)cc4)CC(c4ccccc4-c4c[c-]c(-c5cc(C(C)(C)C)ccn5)cc4-c4ccc(-c5cccc6c5oc5ccccc56)cc4)C3)c(-c3ccccc3)c2)c1.[Ir+3]. The molecule has 2 unspecified atom stereocenters. The summed E-state index contributed by atoms with van der Waals surface area (Å²) in [6.45, 7) is 20.4. The van der Waals surface area contributed by atoms with Gasteiger partial charge in [-0.25, -0.2) is 0 Å². The summed E-state index contributed by atoms with van der Waals surface area (Å²) in [5.41, 5.74) is 34.5. The Hall–Kier alpha value is -12.4. The third-order valence-corrected chi connectivity index (χ3v) is 24.2. The van der Waals surface area contributed by atoms with Gasteiger partial charge < -0.3 is 23.8 Å². The van der Waals surface area contributed by atoms with Crippen LogP contribution in [0.4, 0.5) is 0 Å². The number of furan rings is 2. The van der Waals surface area contributed by atoms with Gasteiger partial charge in [0.25, 0.3) is 0 Å². The number of aromatic nitrogens is 3. The molecule has 1 aliphatic rings. The minimum Gasteiger partial charge on any atom is -0.455 e. The Labute approximate surface area is 700 Å². The molecule has 0 bridgehead atoms. The van der Waals surface area contributed by atoms with Gasteiger partial charge in [0.15, 0.2) is 0 Å². The summed E-state index contributed by atoms with van der Waals surface area (Å²) in [5.74, 6) is 0.269. The monoisotopic (exact) mass is 1690 g/mol. The Morgan fingerprint density at radius 3 is 0.889 bits per heavy atom. The number of para-hydroxylation sites is 4. The molecule has 13 aromatic carbocycles. The average Bonchev–Trinajstić information content (AvgIpc) is 1.70. The van der Waals surface area contributed by atoms with Gasteiger partial charge in [-0.1, -0.05) is 355 Å². The fraction of sp³-hybridized carbons (Fsp3) is 0.162. The Kier molecular flexibility index (Phi) is 20.1. The normalized spacial score (nSPS) is 14.6. The fourth-order valence-corrected chi connectivity index (χ4v) is 18.0. The molecule has 0 radical (unpaired) electrons. The predicted molar refractivity (Wildman–Crippen MR) is 482 cm³/mol. The zero-order valence-electron chi connectivity index (χ0n) is 67.5. The third kappa shape index (κ3) is 14.7. The molecule has 5 nitrogen and oxygen atoms in total. The molecule has 5 aromatic heterocycles. The van der Waals surface area contributed by atoms with Crippen LogP contribution in [0.5, 0.6) is 0 Å². The zero-order chi connectivity index (χ0) is 79.0. The molecule has 0 saturated heterocycles. The summed E-state index contributed by atoms with van der Waals surface area (Å²) in [6.07, 6.45) is 8.57. The molecule has 117 heavy (non-hydrogen) atoms. The molecule has 1 fully saturated rings. The van der Waals surface area contributed by atoms with Crippen molar-refractivity contribution in [3.63, 3.8) is 0 Å². The molecule has 0 aliphatic heterocycles. The Morgan fingerprint density at radius 1 is 0.265 bits per heavy atom. The molecule has 570 valence electrons. The molecule has 0 spiro atoms. The first-order chi connectivity index (χ1) is 56.4. The van der Waals surface area contributed by atoms with Crippen molar-refractivity contribution in [2.45, 2.75) is 116 Å². The summed E-state index contributed by atoms with van der Waals surface area (Å²) in [4.78, 5) is 15.1. The van der Waals surface area contributed by atoms with Crippen LogP contribution in [0.2, 0.25) is 0 Å². The molecule has 0 N–H and O–H groups in total. The van der Waals surface area contributed by atoms with Gasteiger partial charge >= 0.3 is 20.1 Å². The largest absolute Gasteiger partial charge is 3.00 e. The van der Waals surface area contributed by atoms with Gasteiger partial charge in [0.1, 0.15) is 22.3 Å². The Morgan fingerprint density at radius 2 is 0.547 bits per heavy atom. The first kappa shape index (κ1) is 75.9. The molecular formula is C111H90IrN3O2. The van der Waals surface area contributed by atoms with Crippen LogP contribution in [0.15, 0.2) is 337 Å². The molecule has 19 rings (SSSR count). The van der Waals surface area contributed by atoms with Crippen molar-refractivity contribution in [1.82, 2.24) is 15.0 Å². The van der Waals surface area contributed by atoms with Crippen molar-refractivity contribution in [1.29, 1.82) is 0 Å². The quantitative estimate of drug-likeness (QED) is 0.102. The van der Waals surface area contributed by atoms with E-state index in [1.54, 1.807) is 0 Å². The maximum Gasteiger partial charge on any atom is 3.00 e. The van der Waals surface area contributed by atoms with Gasteiger partial charge in [0, 0.05) is 51.3 Å². The number of pyridine rings is 3. The van der Waals surface area contributed by atoms with Crippen LogP contribution < -0.4 is 0 Å². The molecule has 2 atom stereocenters. The van der Waals surface area contributed by atoms with Crippen molar-refractivity contribution in [2.24, 2.45) is 0 Å². The van der Waals surface area contributed by atoms with Crippen LogP contribution in [0.25, 0.3) is 167 Å². The summed E-state index contributed by atoms with van der Waals surface area (Å²) in [5, 5.41) is 4.45. The van der Waals surface area contributed by atoms with Crippen LogP contribution in [-0.2, 0) is 36.4 Å². The minimum atomic E-state index is -0.0817. The summed E-state index contributed by atoms with van der Waals surface area (Å²) in [6, 6.07) is 125. The van der Waals surface area contributed by atoms with Crippen molar-refractivity contribution < 1.29 is 28.9 Å². The van der Waals surface area contributed by atoms with E-state index in [0.29, 0.717) is 0 Å². The van der Waals surface area contributed by atoms with Gasteiger partial charge in [0.2, 0.25) is 0 Å². The topological polar surface area (TPSA) is 65.0 Å². The van der Waals surface area contributed by atoms with Gasteiger partial charge in [0.05, 0.1) is 0 Å². The third-order valence-electron chi connectivity index (χ3n) is 24.2. The minimum absolute atomic E-state index is 0. The van der Waals surface area contributed by atoms with E-state index in [4.69, 9.17) is 23.8 Å². The summed E-state index contributed by atoms with van der Waals surface area (Å²) < 4.78 is 13.3. The second-order valence-corrected chi connectivity index (χ2v) is 34.7. The van der Waals surface area contributed by atoms with Gasteiger partial charge in [-0.2, -0.15) is 0 Å². The smallest absolute Gasteiger partial charge is 0.455 e. The van der Waals surface area contributed by atoms with E-state index in [2.05, 4.69) is 378 Å². The molecule has 1 saturated carbocycles. The molecule has 1 aliphatic carbocycles. The molecule has 18 aromatic rings. The zero-order valence-corrected chi connectivity index (χ0v) is 69.9. The first-order valence-electron chi connectivity index (χ1n) is 40.8. The number of hydrogen-bond donors (Lipinski definition) is 0. The van der Waals surface area contributed by atoms with Crippen molar-refractivity contribution in [3.8, 4) is 123 Å². The van der Waals surface area contributed by atoms with Crippen molar-refractivity contribution >= 4 is 43.9 Å². The molecule has 0 amide bonds. The van der Waals surface area contributed by atoms with Gasteiger partial charge in [-0.05, 0) is 162 Å². The van der Waals surface area contributed by atoms with E-state index in [0.717, 1.165) is 169 Å². The van der Waals surface area contributed by atoms with E-state index >= 15 is 0 Å². The van der Waals surface area contributed by atoms with E-state index in [1.165, 1.54) is 50.1 Å². The second-order valence-electron chi connectivity index (χ2n) is 34.7. The fourth-order valence-electron chi connectivity index (χ4n) is 18.0. The standard InChI is InChI=1S/C111H90N3O2.Ir/c1-109(2,3)81-55-58-112-102(67-81)75-49-52-92(99(64-75)70-25-11-10-12-26-70)89-30-16-13-27-84(89)78-61-79(85-28-14-17-31-90(85)93-53-50-76(103-68-82(56-59-113-103)110(4,5)6)65-100(93)73-45-41-71(42-46-73)87-35-23-37-97-95-33-19-21-39-105(95)115-107(87)97)63-80(62-78)86-29-15-18-32-91(86)94-54-51-77(104-69-83(57-60-114-104)111(7,8)9)66-101(94)74-47-43-72(44-48-74)88-36-24-38-98-96-34-20-22-40-106(96)116-108(88)98;/h10-48,52-60,64-69,78-80H,61-63H2,1-9H3;/q-3;+3. The van der Waals surface area contributed by atoms with Crippen LogP contribution in [0, 0.1) is 18.2 Å². The Bertz CT molecular complexity index is 6450. The first-order valence-corrected chi connectivity index (χ1v) is 40.8. The molecule has 6 heteroatoms.